The highest BCUT2D eigenvalue weighted by Crippen LogP contribution is 2.26. The van der Waals surface area contributed by atoms with E-state index in [1.807, 2.05) is 0 Å². The van der Waals surface area contributed by atoms with Crippen molar-refractivity contribution in [2.45, 2.75) is 0 Å². The molecule has 0 amide bonds. The van der Waals surface area contributed by atoms with Crippen LogP contribution in [0.25, 0.3) is 11.5 Å². The minimum Gasteiger partial charge on any atom is -0.365 e. The largest absolute Gasteiger partial charge is 0.365 e. The molecule has 0 fully saturated rings. The van der Waals surface area contributed by atoms with E-state index in [4.69, 9.17) is 21.9 Å². The summed E-state index contributed by atoms with van der Waals surface area (Å²) in [5.74, 6) is -0.625. The lowest BCUT2D eigenvalue weighted by molar-refractivity contribution is 0.430. The Bertz CT molecular complexity index is 471. The molecular formula is C8H5ClFN3O. The normalized spacial score (nSPS) is 10.4. The van der Waals surface area contributed by atoms with Crippen LogP contribution in [0.1, 0.15) is 0 Å². The molecule has 0 saturated heterocycles. The van der Waals surface area contributed by atoms with E-state index in [-0.39, 0.29) is 22.4 Å². The first kappa shape index (κ1) is 8.96. The molecule has 0 atom stereocenters. The third-order valence-corrected chi connectivity index (χ3v) is 1.92. The van der Waals surface area contributed by atoms with Gasteiger partial charge in [-0.3, -0.25) is 0 Å². The first-order chi connectivity index (χ1) is 6.68. The van der Waals surface area contributed by atoms with Crippen LogP contribution in [0.15, 0.2) is 22.7 Å². The summed E-state index contributed by atoms with van der Waals surface area (Å²) in [6.07, 6.45) is 0. The monoisotopic (exact) mass is 213 g/mol. The second-order valence-electron chi connectivity index (χ2n) is 2.56. The van der Waals surface area contributed by atoms with Gasteiger partial charge in [-0.2, -0.15) is 4.98 Å². The molecule has 6 heteroatoms. The Hall–Kier alpha value is -1.62. The maximum Gasteiger partial charge on any atom is 0.262 e. The molecule has 4 nitrogen and oxygen atoms in total. The zero-order valence-electron chi connectivity index (χ0n) is 6.87. The summed E-state index contributed by atoms with van der Waals surface area (Å²) in [4.78, 5) is 3.68. The zero-order valence-corrected chi connectivity index (χ0v) is 7.62. The van der Waals surface area contributed by atoms with Crippen LogP contribution in [-0.4, -0.2) is 10.1 Å². The van der Waals surface area contributed by atoms with E-state index in [1.54, 1.807) is 6.07 Å². The second kappa shape index (κ2) is 3.26. The Morgan fingerprint density at radius 3 is 2.86 bits per heavy atom. The molecule has 14 heavy (non-hydrogen) atoms. The van der Waals surface area contributed by atoms with E-state index in [1.165, 1.54) is 12.1 Å². The smallest absolute Gasteiger partial charge is 0.262 e. The highest BCUT2D eigenvalue weighted by molar-refractivity contribution is 6.31. The van der Waals surface area contributed by atoms with Crippen LogP contribution in [0.2, 0.25) is 5.02 Å². The first-order valence-corrected chi connectivity index (χ1v) is 4.10. The molecule has 0 radical (unpaired) electrons. The van der Waals surface area contributed by atoms with Crippen molar-refractivity contribution in [3.8, 4) is 11.5 Å². The number of hydrogen-bond acceptors (Lipinski definition) is 4. The number of nitrogen functional groups attached to an aromatic ring is 1. The summed E-state index contributed by atoms with van der Waals surface area (Å²) in [7, 11) is 0. The van der Waals surface area contributed by atoms with Gasteiger partial charge in [-0.1, -0.05) is 17.7 Å². The van der Waals surface area contributed by atoms with E-state index < -0.39 is 5.82 Å². The predicted octanol–water partition coefficient (Wildman–Crippen LogP) is 2.11. The summed E-state index contributed by atoms with van der Waals surface area (Å²) in [6.45, 7) is 0. The third-order valence-electron chi connectivity index (χ3n) is 1.62. The van der Waals surface area contributed by atoms with Crippen LogP contribution in [-0.2, 0) is 0 Å². The lowest BCUT2D eigenvalue weighted by atomic mass is 10.2. The molecule has 0 aliphatic rings. The van der Waals surface area contributed by atoms with Crippen molar-refractivity contribution in [3.05, 3.63) is 29.0 Å². The van der Waals surface area contributed by atoms with Gasteiger partial charge in [-0.15, -0.1) is 0 Å². The zero-order chi connectivity index (χ0) is 10.1. The van der Waals surface area contributed by atoms with Crippen molar-refractivity contribution >= 4 is 17.5 Å². The molecule has 1 aromatic heterocycles. The summed E-state index contributed by atoms with van der Waals surface area (Å²) in [5, 5.41) is 3.35. The van der Waals surface area contributed by atoms with Crippen molar-refractivity contribution in [3.63, 3.8) is 0 Å². The van der Waals surface area contributed by atoms with Crippen molar-refractivity contribution in [1.29, 1.82) is 0 Å². The standard InChI is InChI=1S/C8H5ClFN3O/c9-5-3-1-2-4(6(5)10)7-12-8(11)13-14-7/h1-3H,(H2,11,13). The average molecular weight is 214 g/mol. The number of hydrogen-bond donors (Lipinski definition) is 1. The number of halogens is 2. The van der Waals surface area contributed by atoms with Crippen LogP contribution in [0.4, 0.5) is 10.3 Å². The Morgan fingerprint density at radius 1 is 1.43 bits per heavy atom. The van der Waals surface area contributed by atoms with Gasteiger partial charge in [0.2, 0.25) is 0 Å². The molecule has 0 aliphatic heterocycles. The Balaban J connectivity index is 2.57. The van der Waals surface area contributed by atoms with Crippen LogP contribution < -0.4 is 5.73 Å². The number of benzene rings is 1. The van der Waals surface area contributed by atoms with Crippen LogP contribution >= 0.6 is 11.6 Å². The van der Waals surface area contributed by atoms with E-state index in [9.17, 15) is 4.39 Å². The van der Waals surface area contributed by atoms with Gasteiger partial charge >= 0.3 is 0 Å². The quantitative estimate of drug-likeness (QED) is 0.788. The van der Waals surface area contributed by atoms with Crippen LogP contribution in [0.5, 0.6) is 0 Å². The minimum absolute atomic E-state index is 0.000675. The lowest BCUT2D eigenvalue weighted by Crippen LogP contribution is -1.87. The van der Waals surface area contributed by atoms with E-state index >= 15 is 0 Å². The fourth-order valence-electron chi connectivity index (χ4n) is 1.01. The maximum atomic E-state index is 13.4. The Labute approximate surface area is 83.5 Å². The molecule has 0 unspecified atom stereocenters. The number of anilines is 1. The molecular weight excluding hydrogens is 209 g/mol. The van der Waals surface area contributed by atoms with Gasteiger partial charge in [0.15, 0.2) is 5.82 Å². The summed E-state index contributed by atoms with van der Waals surface area (Å²) >= 11 is 5.57. The molecule has 72 valence electrons. The van der Waals surface area contributed by atoms with Gasteiger partial charge in [0.05, 0.1) is 10.6 Å². The van der Waals surface area contributed by atoms with Gasteiger partial charge in [0.25, 0.3) is 11.8 Å². The second-order valence-corrected chi connectivity index (χ2v) is 2.97. The Morgan fingerprint density at radius 2 is 2.21 bits per heavy atom. The number of rotatable bonds is 1. The van der Waals surface area contributed by atoms with Gasteiger partial charge in [-0.05, 0) is 17.3 Å². The van der Waals surface area contributed by atoms with Crippen LogP contribution in [0, 0.1) is 5.82 Å². The van der Waals surface area contributed by atoms with Crippen LogP contribution in [0.3, 0.4) is 0 Å². The van der Waals surface area contributed by atoms with Gasteiger partial charge in [0.1, 0.15) is 0 Å². The van der Waals surface area contributed by atoms with Gasteiger partial charge in [0, 0.05) is 0 Å². The molecule has 0 spiro atoms. The molecule has 0 saturated carbocycles. The molecule has 0 bridgehead atoms. The fraction of sp³-hybridized carbons (Fsp3) is 0. The first-order valence-electron chi connectivity index (χ1n) is 3.72. The van der Waals surface area contributed by atoms with Crippen molar-refractivity contribution in [2.24, 2.45) is 0 Å². The SMILES string of the molecule is Nc1noc(-c2cccc(Cl)c2F)n1. The van der Waals surface area contributed by atoms with E-state index in [0.29, 0.717) is 0 Å². The summed E-state index contributed by atoms with van der Waals surface area (Å²) in [6, 6.07) is 4.50. The predicted molar refractivity (Wildman–Crippen MR) is 49.1 cm³/mol. The maximum absolute atomic E-state index is 13.4. The van der Waals surface area contributed by atoms with Crippen molar-refractivity contribution in [2.75, 3.05) is 5.73 Å². The average Bonchev–Trinajstić information content (AvgIpc) is 2.57. The third kappa shape index (κ3) is 1.42. The molecule has 2 rings (SSSR count). The topological polar surface area (TPSA) is 64.9 Å². The van der Waals surface area contributed by atoms with Gasteiger partial charge in [-0.25, -0.2) is 4.39 Å². The highest BCUT2D eigenvalue weighted by atomic mass is 35.5. The molecule has 2 aromatic rings. The van der Waals surface area contributed by atoms with Gasteiger partial charge < -0.3 is 10.3 Å². The fourth-order valence-corrected chi connectivity index (χ4v) is 1.19. The molecule has 2 N–H and O–H groups in total. The van der Waals surface area contributed by atoms with Crippen molar-refractivity contribution < 1.29 is 8.91 Å². The molecule has 1 heterocycles. The highest BCUT2D eigenvalue weighted by Gasteiger charge is 2.13. The number of nitrogens with two attached hydrogens (primary N) is 1. The number of aromatic nitrogens is 2. The summed E-state index contributed by atoms with van der Waals surface area (Å²) < 4.78 is 18.1. The molecule has 1 aromatic carbocycles. The summed E-state index contributed by atoms with van der Waals surface area (Å²) in [5.41, 5.74) is 5.37. The van der Waals surface area contributed by atoms with E-state index in [0.717, 1.165) is 0 Å². The molecule has 0 aliphatic carbocycles. The lowest BCUT2D eigenvalue weighted by Gasteiger charge is -1.97. The van der Waals surface area contributed by atoms with Crippen molar-refractivity contribution in [1.82, 2.24) is 10.1 Å². The Kier molecular flexibility index (Phi) is 2.09. The minimum atomic E-state index is -0.599. The van der Waals surface area contributed by atoms with E-state index in [2.05, 4.69) is 10.1 Å². The number of nitrogens with zero attached hydrogens (tertiary/aromatic N) is 2.